The van der Waals surface area contributed by atoms with Crippen LogP contribution in [0.2, 0.25) is 0 Å². The zero-order valence-corrected chi connectivity index (χ0v) is 7.95. The van der Waals surface area contributed by atoms with E-state index in [0.717, 1.165) is 18.6 Å². The van der Waals surface area contributed by atoms with E-state index in [-0.39, 0.29) is 6.10 Å². The van der Waals surface area contributed by atoms with Crippen LogP contribution in [0.3, 0.4) is 0 Å². The summed E-state index contributed by atoms with van der Waals surface area (Å²) in [6.45, 7) is 6.30. The minimum absolute atomic E-state index is 0.102. The molecule has 0 fully saturated rings. The van der Waals surface area contributed by atoms with E-state index in [0.29, 0.717) is 5.25 Å². The van der Waals surface area contributed by atoms with Crippen molar-refractivity contribution in [3.8, 4) is 0 Å². The average Bonchev–Trinajstić information content (AvgIpc) is 1.99. The van der Waals surface area contributed by atoms with Gasteiger partial charge in [0.05, 0.1) is 6.10 Å². The molecule has 0 amide bonds. The van der Waals surface area contributed by atoms with E-state index in [4.69, 9.17) is 0 Å². The summed E-state index contributed by atoms with van der Waals surface area (Å²) in [5.41, 5.74) is 0. The third kappa shape index (κ3) is 3.47. The molecule has 0 aromatic heterocycles. The molecule has 0 saturated carbocycles. The van der Waals surface area contributed by atoms with Gasteiger partial charge in [0.15, 0.2) is 0 Å². The molecule has 62 valence electrons. The summed E-state index contributed by atoms with van der Waals surface area (Å²) in [6.07, 6.45) is 1.86. The SMILES string of the molecule is CCS[C@@H](CC)[C@H](O)CC. The first-order valence-electron chi connectivity index (χ1n) is 4.05. The molecule has 0 aromatic carbocycles. The summed E-state index contributed by atoms with van der Waals surface area (Å²) in [5, 5.41) is 9.88. The van der Waals surface area contributed by atoms with Crippen LogP contribution in [0.5, 0.6) is 0 Å². The van der Waals surface area contributed by atoms with Gasteiger partial charge in [0.2, 0.25) is 0 Å². The van der Waals surface area contributed by atoms with Gasteiger partial charge in [-0.05, 0) is 18.6 Å². The van der Waals surface area contributed by atoms with Gasteiger partial charge in [-0.3, -0.25) is 0 Å². The highest BCUT2D eigenvalue weighted by Gasteiger charge is 2.13. The molecular weight excluding hydrogens is 144 g/mol. The van der Waals surface area contributed by atoms with Crippen LogP contribution < -0.4 is 0 Å². The first kappa shape index (κ1) is 10.3. The first-order valence-corrected chi connectivity index (χ1v) is 5.10. The number of rotatable bonds is 5. The summed E-state index contributed by atoms with van der Waals surface area (Å²) in [7, 11) is 0. The predicted octanol–water partition coefficient (Wildman–Crippen LogP) is 2.29. The molecule has 0 heterocycles. The fraction of sp³-hybridized carbons (Fsp3) is 1.00. The highest BCUT2D eigenvalue weighted by atomic mass is 32.2. The Hall–Kier alpha value is 0.310. The molecule has 0 aliphatic rings. The maximum absolute atomic E-state index is 9.43. The Morgan fingerprint density at radius 1 is 1.20 bits per heavy atom. The Morgan fingerprint density at radius 3 is 2.10 bits per heavy atom. The number of aliphatic hydroxyl groups excluding tert-OH is 1. The van der Waals surface area contributed by atoms with Crippen molar-refractivity contribution in [3.05, 3.63) is 0 Å². The van der Waals surface area contributed by atoms with E-state index in [9.17, 15) is 5.11 Å². The standard InChI is InChI=1S/C8H18OS/c1-4-7(9)8(5-2)10-6-3/h7-9H,4-6H2,1-3H3/t7-,8+/m1/s1. The van der Waals surface area contributed by atoms with Gasteiger partial charge in [0, 0.05) is 5.25 Å². The van der Waals surface area contributed by atoms with Crippen LogP contribution in [0.1, 0.15) is 33.6 Å². The van der Waals surface area contributed by atoms with Crippen LogP contribution in [0.15, 0.2) is 0 Å². The van der Waals surface area contributed by atoms with Crippen molar-refractivity contribution in [1.29, 1.82) is 0 Å². The monoisotopic (exact) mass is 162 g/mol. The fourth-order valence-corrected chi connectivity index (χ4v) is 2.06. The number of hydrogen-bond donors (Lipinski definition) is 1. The topological polar surface area (TPSA) is 20.2 Å². The fourth-order valence-electron chi connectivity index (χ4n) is 0.978. The molecule has 2 atom stereocenters. The third-order valence-electron chi connectivity index (χ3n) is 1.63. The number of thioether (sulfide) groups is 1. The van der Waals surface area contributed by atoms with Crippen molar-refractivity contribution in [2.24, 2.45) is 0 Å². The Bertz CT molecular complexity index is 75.7. The van der Waals surface area contributed by atoms with Gasteiger partial charge < -0.3 is 5.11 Å². The van der Waals surface area contributed by atoms with Crippen LogP contribution in [-0.4, -0.2) is 22.2 Å². The Labute approximate surface area is 68.2 Å². The summed E-state index contributed by atoms with van der Waals surface area (Å²) in [6, 6.07) is 0. The lowest BCUT2D eigenvalue weighted by Gasteiger charge is -2.18. The minimum atomic E-state index is -0.102. The van der Waals surface area contributed by atoms with Crippen molar-refractivity contribution in [2.75, 3.05) is 5.75 Å². The van der Waals surface area contributed by atoms with Crippen molar-refractivity contribution < 1.29 is 5.11 Å². The van der Waals surface area contributed by atoms with Gasteiger partial charge in [-0.25, -0.2) is 0 Å². The molecule has 0 aliphatic carbocycles. The highest BCUT2D eigenvalue weighted by Crippen LogP contribution is 2.19. The number of aliphatic hydroxyl groups is 1. The highest BCUT2D eigenvalue weighted by molar-refractivity contribution is 7.99. The summed E-state index contributed by atoms with van der Waals surface area (Å²) >= 11 is 1.86. The molecule has 1 N–H and O–H groups in total. The van der Waals surface area contributed by atoms with Gasteiger partial charge in [-0.1, -0.05) is 20.8 Å². The zero-order valence-electron chi connectivity index (χ0n) is 7.13. The maximum Gasteiger partial charge on any atom is 0.0656 e. The molecule has 0 rings (SSSR count). The molecule has 0 unspecified atom stereocenters. The van der Waals surface area contributed by atoms with E-state index in [1.807, 2.05) is 18.7 Å². The molecule has 0 aliphatic heterocycles. The second-order valence-electron chi connectivity index (χ2n) is 2.38. The van der Waals surface area contributed by atoms with Crippen molar-refractivity contribution >= 4 is 11.8 Å². The van der Waals surface area contributed by atoms with E-state index < -0.39 is 0 Å². The molecule has 1 nitrogen and oxygen atoms in total. The molecular formula is C8H18OS. The predicted molar refractivity (Wildman–Crippen MR) is 48.5 cm³/mol. The van der Waals surface area contributed by atoms with Crippen LogP contribution in [0.4, 0.5) is 0 Å². The van der Waals surface area contributed by atoms with E-state index >= 15 is 0 Å². The lowest BCUT2D eigenvalue weighted by molar-refractivity contribution is 0.165. The van der Waals surface area contributed by atoms with Crippen molar-refractivity contribution in [1.82, 2.24) is 0 Å². The van der Waals surface area contributed by atoms with Gasteiger partial charge in [-0.2, -0.15) is 11.8 Å². The second-order valence-corrected chi connectivity index (χ2v) is 3.89. The van der Waals surface area contributed by atoms with E-state index in [2.05, 4.69) is 13.8 Å². The van der Waals surface area contributed by atoms with Gasteiger partial charge in [0.25, 0.3) is 0 Å². The molecule has 10 heavy (non-hydrogen) atoms. The van der Waals surface area contributed by atoms with Crippen LogP contribution in [0.25, 0.3) is 0 Å². The minimum Gasteiger partial charge on any atom is -0.392 e. The van der Waals surface area contributed by atoms with E-state index in [1.165, 1.54) is 0 Å². The molecule has 0 radical (unpaired) electrons. The van der Waals surface area contributed by atoms with E-state index in [1.54, 1.807) is 0 Å². The van der Waals surface area contributed by atoms with Crippen LogP contribution >= 0.6 is 11.8 Å². The quantitative estimate of drug-likeness (QED) is 0.669. The van der Waals surface area contributed by atoms with Crippen LogP contribution in [0, 0.1) is 0 Å². The van der Waals surface area contributed by atoms with Gasteiger partial charge in [-0.15, -0.1) is 0 Å². The second kappa shape index (κ2) is 6.05. The summed E-state index contributed by atoms with van der Waals surface area (Å²) < 4.78 is 0. The molecule has 0 bridgehead atoms. The zero-order chi connectivity index (χ0) is 7.98. The van der Waals surface area contributed by atoms with Crippen molar-refractivity contribution in [2.45, 2.75) is 45.0 Å². The Balaban J connectivity index is 3.56. The lowest BCUT2D eigenvalue weighted by Crippen LogP contribution is -2.21. The smallest absolute Gasteiger partial charge is 0.0656 e. The number of hydrogen-bond acceptors (Lipinski definition) is 2. The molecule has 0 aromatic rings. The molecule has 0 spiro atoms. The largest absolute Gasteiger partial charge is 0.392 e. The maximum atomic E-state index is 9.43. The summed E-state index contributed by atoms with van der Waals surface area (Å²) in [4.78, 5) is 0. The van der Waals surface area contributed by atoms with Crippen LogP contribution in [-0.2, 0) is 0 Å². The summed E-state index contributed by atoms with van der Waals surface area (Å²) in [5.74, 6) is 1.11. The Morgan fingerprint density at radius 2 is 1.80 bits per heavy atom. The average molecular weight is 162 g/mol. The molecule has 2 heteroatoms. The third-order valence-corrected chi connectivity index (χ3v) is 3.04. The molecule has 0 saturated heterocycles. The first-order chi connectivity index (χ1) is 4.76. The lowest BCUT2D eigenvalue weighted by atomic mass is 10.1. The van der Waals surface area contributed by atoms with Crippen molar-refractivity contribution in [3.63, 3.8) is 0 Å². The van der Waals surface area contributed by atoms with Gasteiger partial charge in [0.1, 0.15) is 0 Å². The Kier molecular flexibility index (Phi) is 6.24. The normalized spacial score (nSPS) is 16.8. The van der Waals surface area contributed by atoms with Gasteiger partial charge >= 0.3 is 0 Å².